The van der Waals surface area contributed by atoms with Gasteiger partial charge in [0.25, 0.3) is 0 Å². The van der Waals surface area contributed by atoms with Gasteiger partial charge < -0.3 is 10.1 Å². The normalized spacial score (nSPS) is 13.0. The number of nitrogens with one attached hydrogen (secondary N) is 2. The Hall–Kier alpha value is -4.19. The SMILES string of the molecule is CC(C#N)(c1cccc(NC(=O)O)c1)n1cc(-c2ncnc3[nH]ccc23)cn1. The van der Waals surface area contributed by atoms with Crippen LogP contribution in [0, 0.1) is 11.3 Å². The van der Waals surface area contributed by atoms with Crippen LogP contribution in [0.15, 0.2) is 55.2 Å². The summed E-state index contributed by atoms with van der Waals surface area (Å²) in [6, 6.07) is 10.8. The first-order valence-electron chi connectivity index (χ1n) is 8.36. The highest BCUT2D eigenvalue weighted by Gasteiger charge is 2.30. The zero-order valence-electron chi connectivity index (χ0n) is 14.8. The van der Waals surface area contributed by atoms with E-state index in [0.29, 0.717) is 22.6 Å². The van der Waals surface area contributed by atoms with Crippen LogP contribution in [0.4, 0.5) is 10.5 Å². The molecule has 138 valence electrons. The number of benzene rings is 1. The van der Waals surface area contributed by atoms with Gasteiger partial charge in [0.2, 0.25) is 0 Å². The molecular formula is C19H15N7O2. The molecular weight excluding hydrogens is 358 g/mol. The minimum Gasteiger partial charge on any atom is -0.465 e. The van der Waals surface area contributed by atoms with E-state index in [1.165, 1.54) is 6.33 Å². The summed E-state index contributed by atoms with van der Waals surface area (Å²) in [5, 5.41) is 26.4. The van der Waals surface area contributed by atoms with E-state index in [1.54, 1.807) is 54.5 Å². The zero-order chi connectivity index (χ0) is 19.7. The largest absolute Gasteiger partial charge is 0.465 e. The van der Waals surface area contributed by atoms with Crippen molar-refractivity contribution in [3.8, 4) is 17.3 Å². The molecule has 9 heteroatoms. The number of aromatic nitrogens is 5. The van der Waals surface area contributed by atoms with Crippen molar-refractivity contribution in [2.45, 2.75) is 12.5 Å². The number of nitrogens with zero attached hydrogens (tertiary/aromatic N) is 5. The van der Waals surface area contributed by atoms with Crippen LogP contribution in [0.2, 0.25) is 0 Å². The fourth-order valence-corrected chi connectivity index (χ4v) is 3.06. The Labute approximate surface area is 159 Å². The van der Waals surface area contributed by atoms with E-state index in [-0.39, 0.29) is 0 Å². The molecule has 0 saturated carbocycles. The first-order chi connectivity index (χ1) is 13.5. The van der Waals surface area contributed by atoms with Crippen molar-refractivity contribution in [1.82, 2.24) is 24.7 Å². The number of fused-ring (bicyclic) bond motifs is 1. The number of aromatic amines is 1. The van der Waals surface area contributed by atoms with Crippen LogP contribution < -0.4 is 5.32 Å². The number of rotatable bonds is 4. The standard InChI is InChI=1S/C19H15N7O2/c1-19(10-20,13-3-2-4-14(7-13)25-18(27)28)26-9-12(8-24-26)16-15-5-6-21-17(15)23-11-22-16/h2-9,11,25H,1H3,(H,27,28)(H,21,22,23). The highest BCUT2D eigenvalue weighted by Crippen LogP contribution is 2.30. The second-order valence-electron chi connectivity index (χ2n) is 6.33. The smallest absolute Gasteiger partial charge is 0.409 e. The number of carboxylic acid groups (broad SMARTS) is 1. The minimum absolute atomic E-state index is 0.378. The third kappa shape index (κ3) is 2.83. The van der Waals surface area contributed by atoms with Gasteiger partial charge in [0.05, 0.1) is 18.0 Å². The van der Waals surface area contributed by atoms with Gasteiger partial charge in [-0.2, -0.15) is 10.4 Å². The second kappa shape index (κ2) is 6.51. The van der Waals surface area contributed by atoms with Gasteiger partial charge >= 0.3 is 6.09 Å². The summed E-state index contributed by atoms with van der Waals surface area (Å²) in [5.74, 6) is 0. The molecule has 28 heavy (non-hydrogen) atoms. The molecule has 0 fully saturated rings. The summed E-state index contributed by atoms with van der Waals surface area (Å²) in [6.45, 7) is 1.72. The average Bonchev–Trinajstić information content (AvgIpc) is 3.36. The van der Waals surface area contributed by atoms with E-state index in [1.807, 2.05) is 6.07 Å². The van der Waals surface area contributed by atoms with E-state index in [0.717, 1.165) is 10.9 Å². The number of amides is 1. The van der Waals surface area contributed by atoms with Gasteiger partial charge in [-0.3, -0.25) is 5.32 Å². The van der Waals surface area contributed by atoms with E-state index in [4.69, 9.17) is 5.11 Å². The first-order valence-corrected chi connectivity index (χ1v) is 8.36. The molecule has 0 spiro atoms. The Morgan fingerprint density at radius 2 is 2.21 bits per heavy atom. The predicted octanol–water partition coefficient (Wildman–Crippen LogP) is 3.20. The maximum Gasteiger partial charge on any atom is 0.409 e. The molecule has 1 atom stereocenters. The number of anilines is 1. The van der Waals surface area contributed by atoms with E-state index < -0.39 is 11.6 Å². The van der Waals surface area contributed by atoms with Crippen molar-refractivity contribution in [1.29, 1.82) is 5.26 Å². The van der Waals surface area contributed by atoms with Crippen LogP contribution in [0.5, 0.6) is 0 Å². The predicted molar refractivity (Wildman–Crippen MR) is 102 cm³/mol. The Bertz CT molecular complexity index is 1220. The summed E-state index contributed by atoms with van der Waals surface area (Å²) in [4.78, 5) is 22.5. The number of hydrogen-bond acceptors (Lipinski definition) is 5. The topological polar surface area (TPSA) is 133 Å². The third-order valence-corrected chi connectivity index (χ3v) is 4.56. The van der Waals surface area contributed by atoms with Crippen molar-refractivity contribution in [3.63, 3.8) is 0 Å². The molecule has 1 unspecified atom stereocenters. The molecule has 1 amide bonds. The fourth-order valence-electron chi connectivity index (χ4n) is 3.06. The van der Waals surface area contributed by atoms with Crippen molar-refractivity contribution in [3.05, 3.63) is 60.8 Å². The fraction of sp³-hybridized carbons (Fsp3) is 0.105. The van der Waals surface area contributed by atoms with Crippen LogP contribution in [-0.4, -0.2) is 35.9 Å². The van der Waals surface area contributed by atoms with Gasteiger partial charge in [-0.1, -0.05) is 12.1 Å². The third-order valence-electron chi connectivity index (χ3n) is 4.56. The van der Waals surface area contributed by atoms with Crippen LogP contribution in [-0.2, 0) is 5.54 Å². The average molecular weight is 373 g/mol. The Balaban J connectivity index is 1.77. The van der Waals surface area contributed by atoms with Crippen molar-refractivity contribution >= 4 is 22.8 Å². The van der Waals surface area contributed by atoms with Gasteiger partial charge in [-0.15, -0.1) is 0 Å². The van der Waals surface area contributed by atoms with Crippen LogP contribution in [0.1, 0.15) is 12.5 Å². The lowest BCUT2D eigenvalue weighted by molar-refractivity contribution is 0.209. The van der Waals surface area contributed by atoms with Gasteiger partial charge in [0, 0.05) is 29.0 Å². The number of hydrogen-bond donors (Lipinski definition) is 3. The molecule has 9 nitrogen and oxygen atoms in total. The lowest BCUT2D eigenvalue weighted by Crippen LogP contribution is -2.30. The van der Waals surface area contributed by atoms with E-state index in [9.17, 15) is 10.1 Å². The summed E-state index contributed by atoms with van der Waals surface area (Å²) < 4.78 is 1.54. The lowest BCUT2D eigenvalue weighted by atomic mass is 9.93. The van der Waals surface area contributed by atoms with Gasteiger partial charge in [0.15, 0.2) is 5.54 Å². The number of nitriles is 1. The molecule has 0 radical (unpaired) electrons. The first kappa shape index (κ1) is 17.2. The van der Waals surface area contributed by atoms with Crippen LogP contribution in [0.25, 0.3) is 22.3 Å². The molecule has 4 rings (SSSR count). The van der Waals surface area contributed by atoms with Gasteiger partial charge in [0.1, 0.15) is 12.0 Å². The van der Waals surface area contributed by atoms with Crippen molar-refractivity contribution < 1.29 is 9.90 Å². The summed E-state index contributed by atoms with van der Waals surface area (Å²) in [7, 11) is 0. The molecule has 0 aliphatic heterocycles. The molecule has 0 aliphatic carbocycles. The Morgan fingerprint density at radius 3 is 3.00 bits per heavy atom. The van der Waals surface area contributed by atoms with Crippen molar-refractivity contribution in [2.75, 3.05) is 5.32 Å². The second-order valence-corrected chi connectivity index (χ2v) is 6.33. The van der Waals surface area contributed by atoms with E-state index in [2.05, 4.69) is 31.4 Å². The summed E-state index contributed by atoms with van der Waals surface area (Å²) in [6.07, 6.45) is 5.47. The molecule has 0 aliphatic rings. The molecule has 3 N–H and O–H groups in total. The van der Waals surface area contributed by atoms with Crippen LogP contribution >= 0.6 is 0 Å². The lowest BCUT2D eigenvalue weighted by Gasteiger charge is -2.23. The van der Waals surface area contributed by atoms with Crippen molar-refractivity contribution in [2.24, 2.45) is 0 Å². The maximum atomic E-state index is 10.9. The zero-order valence-corrected chi connectivity index (χ0v) is 14.8. The highest BCUT2D eigenvalue weighted by atomic mass is 16.4. The molecule has 1 aromatic carbocycles. The monoisotopic (exact) mass is 373 g/mol. The maximum absolute atomic E-state index is 10.9. The number of carbonyl (C=O) groups is 1. The highest BCUT2D eigenvalue weighted by molar-refractivity contribution is 5.90. The molecule has 3 aromatic heterocycles. The number of H-pyrrole nitrogens is 1. The van der Waals surface area contributed by atoms with E-state index >= 15 is 0 Å². The molecule has 0 bridgehead atoms. The van der Waals surface area contributed by atoms with Gasteiger partial charge in [-0.25, -0.2) is 19.4 Å². The quantitative estimate of drug-likeness (QED) is 0.503. The summed E-state index contributed by atoms with van der Waals surface area (Å²) >= 11 is 0. The molecule has 4 aromatic rings. The van der Waals surface area contributed by atoms with Gasteiger partial charge in [-0.05, 0) is 30.7 Å². The molecule has 3 heterocycles. The Kier molecular flexibility index (Phi) is 4.01. The molecule has 0 saturated heterocycles. The minimum atomic E-state index is -1.17. The Morgan fingerprint density at radius 1 is 1.36 bits per heavy atom. The summed E-state index contributed by atoms with van der Waals surface area (Å²) in [5.41, 5.74) is 2.01. The van der Waals surface area contributed by atoms with Crippen LogP contribution in [0.3, 0.4) is 0 Å².